The van der Waals surface area contributed by atoms with Crippen LogP contribution in [-0.4, -0.2) is 33.8 Å². The fraction of sp³-hybridized carbons (Fsp3) is 0.435. The third-order valence-electron chi connectivity index (χ3n) is 6.10. The van der Waals surface area contributed by atoms with Crippen LogP contribution in [0, 0.1) is 0 Å². The molecule has 4 rings (SSSR count). The standard InChI is InChI=1S/C23H24F3N3O2/c24-23(25,26)17-7-3-6-16(12-17)20-13-18-19(8-1-2-9-21(30)28-18)29(20)22(31)11-15-5-4-10-27-14-15/h3-7,10,12,14,18-20H,1-2,8-9,11,13H2,(H,28,30)/t18-,19+,20+/m1/s1. The van der Waals surface area contributed by atoms with Crippen molar-refractivity contribution in [1.82, 2.24) is 15.2 Å². The van der Waals surface area contributed by atoms with Gasteiger partial charge < -0.3 is 10.2 Å². The van der Waals surface area contributed by atoms with Crippen molar-refractivity contribution in [3.8, 4) is 0 Å². The molecule has 8 heteroatoms. The van der Waals surface area contributed by atoms with Gasteiger partial charge in [-0.2, -0.15) is 13.2 Å². The number of nitrogens with one attached hydrogen (secondary N) is 1. The van der Waals surface area contributed by atoms with Crippen molar-refractivity contribution < 1.29 is 22.8 Å². The minimum Gasteiger partial charge on any atom is -0.351 e. The van der Waals surface area contributed by atoms with E-state index in [1.165, 1.54) is 6.07 Å². The van der Waals surface area contributed by atoms with E-state index in [1.807, 2.05) is 0 Å². The SMILES string of the molecule is O=C1CCCC[C@H]2[C@@H](C[C@@H](c3cccc(C(F)(F)F)c3)N2C(=O)Cc2cccnc2)N1. The maximum atomic E-state index is 13.4. The van der Waals surface area contributed by atoms with E-state index in [0.717, 1.165) is 30.5 Å². The molecule has 1 aromatic heterocycles. The Kier molecular flexibility index (Phi) is 5.98. The van der Waals surface area contributed by atoms with Crippen molar-refractivity contribution in [2.24, 2.45) is 0 Å². The zero-order valence-corrected chi connectivity index (χ0v) is 16.9. The lowest BCUT2D eigenvalue weighted by molar-refractivity contribution is -0.137. The molecule has 2 aliphatic heterocycles. The second-order valence-corrected chi connectivity index (χ2v) is 8.20. The number of benzene rings is 1. The zero-order valence-electron chi connectivity index (χ0n) is 16.9. The van der Waals surface area contributed by atoms with Gasteiger partial charge in [0.1, 0.15) is 0 Å². The molecule has 0 unspecified atom stereocenters. The van der Waals surface area contributed by atoms with E-state index in [9.17, 15) is 22.8 Å². The van der Waals surface area contributed by atoms with Gasteiger partial charge in [-0.25, -0.2) is 0 Å². The first-order chi connectivity index (χ1) is 14.8. The van der Waals surface area contributed by atoms with Gasteiger partial charge in [-0.3, -0.25) is 14.6 Å². The van der Waals surface area contributed by atoms with E-state index in [0.29, 0.717) is 24.8 Å². The smallest absolute Gasteiger partial charge is 0.351 e. The van der Waals surface area contributed by atoms with Gasteiger partial charge in [0.05, 0.1) is 30.1 Å². The monoisotopic (exact) mass is 431 g/mol. The van der Waals surface area contributed by atoms with Gasteiger partial charge in [0.2, 0.25) is 11.8 Å². The van der Waals surface area contributed by atoms with E-state index < -0.39 is 17.8 Å². The lowest BCUT2D eigenvalue weighted by Crippen LogP contribution is -2.48. The first kappa shape index (κ1) is 21.3. The Bertz CT molecular complexity index is 949. The summed E-state index contributed by atoms with van der Waals surface area (Å²) in [6.07, 6.45) is 1.95. The zero-order chi connectivity index (χ0) is 22.0. The molecule has 1 N–H and O–H groups in total. The number of nitrogens with zero attached hydrogens (tertiary/aromatic N) is 2. The number of hydrogen-bond donors (Lipinski definition) is 1. The van der Waals surface area contributed by atoms with E-state index in [2.05, 4.69) is 10.3 Å². The molecule has 3 heterocycles. The fourth-order valence-electron chi connectivity index (χ4n) is 4.70. The molecule has 31 heavy (non-hydrogen) atoms. The molecular formula is C23H24F3N3O2. The van der Waals surface area contributed by atoms with Crippen LogP contribution in [-0.2, 0) is 22.2 Å². The summed E-state index contributed by atoms with van der Waals surface area (Å²) in [5.41, 5.74) is 0.446. The number of alkyl halides is 3. The Morgan fingerprint density at radius 3 is 2.77 bits per heavy atom. The largest absolute Gasteiger partial charge is 0.416 e. The molecule has 3 atom stereocenters. The molecule has 0 radical (unpaired) electrons. The summed E-state index contributed by atoms with van der Waals surface area (Å²) < 4.78 is 39.9. The van der Waals surface area contributed by atoms with Crippen LogP contribution in [0.5, 0.6) is 0 Å². The average Bonchev–Trinajstić information content (AvgIpc) is 3.07. The Morgan fingerprint density at radius 1 is 1.19 bits per heavy atom. The molecule has 164 valence electrons. The molecule has 2 amide bonds. The first-order valence-electron chi connectivity index (χ1n) is 10.5. The molecule has 0 aliphatic carbocycles. The molecule has 0 bridgehead atoms. The second-order valence-electron chi connectivity index (χ2n) is 8.20. The molecule has 0 spiro atoms. The summed E-state index contributed by atoms with van der Waals surface area (Å²) in [6.45, 7) is 0. The van der Waals surface area contributed by atoms with Crippen molar-refractivity contribution in [3.63, 3.8) is 0 Å². The Morgan fingerprint density at radius 2 is 2.03 bits per heavy atom. The van der Waals surface area contributed by atoms with Crippen LogP contribution in [0.25, 0.3) is 0 Å². The summed E-state index contributed by atoms with van der Waals surface area (Å²) in [6, 6.07) is 7.67. The van der Waals surface area contributed by atoms with Gasteiger partial charge in [-0.15, -0.1) is 0 Å². The number of fused-ring (bicyclic) bond motifs is 1. The molecule has 2 aliphatic rings. The number of rotatable bonds is 3. The number of likely N-dealkylation sites (tertiary alicyclic amines) is 1. The van der Waals surface area contributed by atoms with Gasteiger partial charge in [0.15, 0.2) is 0 Å². The highest BCUT2D eigenvalue weighted by molar-refractivity contribution is 5.81. The van der Waals surface area contributed by atoms with Crippen LogP contribution in [0.4, 0.5) is 13.2 Å². The Labute approximate surface area is 178 Å². The highest BCUT2D eigenvalue weighted by atomic mass is 19.4. The van der Waals surface area contributed by atoms with Crippen LogP contribution in [0.1, 0.15) is 54.8 Å². The second kappa shape index (κ2) is 8.69. The van der Waals surface area contributed by atoms with Crippen molar-refractivity contribution >= 4 is 11.8 Å². The molecule has 2 fully saturated rings. The first-order valence-corrected chi connectivity index (χ1v) is 10.5. The third-order valence-corrected chi connectivity index (χ3v) is 6.10. The highest BCUT2D eigenvalue weighted by Crippen LogP contribution is 2.41. The minimum atomic E-state index is -4.46. The fourth-order valence-corrected chi connectivity index (χ4v) is 4.70. The predicted octanol–water partition coefficient (Wildman–Crippen LogP) is 4.04. The molecule has 1 aromatic carbocycles. The van der Waals surface area contributed by atoms with Crippen molar-refractivity contribution in [2.45, 2.75) is 62.8 Å². The van der Waals surface area contributed by atoms with Crippen LogP contribution >= 0.6 is 0 Å². The van der Waals surface area contributed by atoms with E-state index in [4.69, 9.17) is 0 Å². The number of carbonyl (C=O) groups excluding carboxylic acids is 2. The van der Waals surface area contributed by atoms with Crippen LogP contribution < -0.4 is 5.32 Å². The van der Waals surface area contributed by atoms with Crippen LogP contribution in [0.3, 0.4) is 0 Å². The minimum absolute atomic E-state index is 0.0703. The molecule has 2 aromatic rings. The molecule has 0 saturated carbocycles. The number of halogens is 3. The summed E-state index contributed by atoms with van der Waals surface area (Å²) in [5, 5.41) is 3.01. The highest BCUT2D eigenvalue weighted by Gasteiger charge is 2.45. The third kappa shape index (κ3) is 4.73. The van der Waals surface area contributed by atoms with E-state index in [-0.39, 0.29) is 30.3 Å². The maximum Gasteiger partial charge on any atom is 0.416 e. The summed E-state index contributed by atoms with van der Waals surface area (Å²) in [7, 11) is 0. The molecule has 5 nitrogen and oxygen atoms in total. The lowest BCUT2D eigenvalue weighted by Gasteiger charge is -2.33. The van der Waals surface area contributed by atoms with Gasteiger partial charge in [0, 0.05) is 18.8 Å². The summed E-state index contributed by atoms with van der Waals surface area (Å²) in [4.78, 5) is 31.3. The lowest BCUT2D eigenvalue weighted by atomic mass is 9.97. The normalized spacial score (nSPS) is 24.2. The Hall–Kier alpha value is -2.90. The number of hydrogen-bond acceptors (Lipinski definition) is 3. The number of carbonyl (C=O) groups is 2. The number of amides is 2. The summed E-state index contributed by atoms with van der Waals surface area (Å²) in [5.74, 6) is -0.239. The van der Waals surface area contributed by atoms with Gasteiger partial charge in [-0.05, 0) is 48.6 Å². The maximum absolute atomic E-state index is 13.4. The Balaban J connectivity index is 1.69. The quantitative estimate of drug-likeness (QED) is 0.798. The van der Waals surface area contributed by atoms with Crippen molar-refractivity contribution in [3.05, 3.63) is 65.5 Å². The van der Waals surface area contributed by atoms with Crippen molar-refractivity contribution in [1.29, 1.82) is 0 Å². The van der Waals surface area contributed by atoms with Gasteiger partial charge in [-0.1, -0.05) is 24.6 Å². The topological polar surface area (TPSA) is 62.3 Å². The van der Waals surface area contributed by atoms with E-state index >= 15 is 0 Å². The predicted molar refractivity (Wildman–Crippen MR) is 108 cm³/mol. The van der Waals surface area contributed by atoms with Gasteiger partial charge in [0.25, 0.3) is 0 Å². The van der Waals surface area contributed by atoms with E-state index in [1.54, 1.807) is 35.5 Å². The number of pyridine rings is 1. The van der Waals surface area contributed by atoms with Crippen LogP contribution in [0.2, 0.25) is 0 Å². The van der Waals surface area contributed by atoms with Crippen molar-refractivity contribution in [2.75, 3.05) is 0 Å². The molecule has 2 saturated heterocycles. The molecular weight excluding hydrogens is 407 g/mol. The van der Waals surface area contributed by atoms with Gasteiger partial charge >= 0.3 is 6.18 Å². The van der Waals surface area contributed by atoms with Crippen LogP contribution in [0.15, 0.2) is 48.8 Å². The summed E-state index contributed by atoms with van der Waals surface area (Å²) >= 11 is 0. The average molecular weight is 431 g/mol. The number of aromatic nitrogens is 1.